The van der Waals surface area contributed by atoms with Gasteiger partial charge in [0.2, 0.25) is 0 Å². The lowest BCUT2D eigenvalue weighted by molar-refractivity contribution is 0.0528. The summed E-state index contributed by atoms with van der Waals surface area (Å²) in [4.78, 5) is 15.8. The molecule has 3 N–H and O–H groups in total. The maximum Gasteiger partial charge on any atom is 0.343 e. The first-order valence-electron chi connectivity index (χ1n) is 6.28. The van der Waals surface area contributed by atoms with Gasteiger partial charge in [0, 0.05) is 6.54 Å². The van der Waals surface area contributed by atoms with E-state index in [1.807, 2.05) is 0 Å². The number of aliphatic hydroxyl groups is 1. The molecule has 2 aromatic heterocycles. The monoisotopic (exact) mass is 314 g/mol. The Morgan fingerprint density at radius 3 is 3.05 bits per heavy atom. The largest absolute Gasteiger partial charge is 0.486 e. The second-order valence-corrected chi connectivity index (χ2v) is 4.50. The predicted octanol–water partition coefficient (Wildman–Crippen LogP) is 0.258. The predicted molar refractivity (Wildman–Crippen MR) is 74.5 cm³/mol. The minimum absolute atomic E-state index is 0.0184. The van der Waals surface area contributed by atoms with Crippen molar-refractivity contribution < 1.29 is 19.4 Å². The molecule has 9 heteroatoms. The van der Waals surface area contributed by atoms with E-state index in [2.05, 4.69) is 10.1 Å². The van der Waals surface area contributed by atoms with Crippen LogP contribution in [0.1, 0.15) is 17.3 Å². The van der Waals surface area contributed by atoms with Gasteiger partial charge in [-0.2, -0.15) is 5.10 Å². The Kier molecular flexibility index (Phi) is 4.94. The molecule has 2 heterocycles. The first-order chi connectivity index (χ1) is 10.1. The fourth-order valence-corrected chi connectivity index (χ4v) is 1.76. The van der Waals surface area contributed by atoms with Gasteiger partial charge in [0.1, 0.15) is 18.3 Å². The van der Waals surface area contributed by atoms with Gasteiger partial charge in [0.05, 0.1) is 19.0 Å². The van der Waals surface area contributed by atoms with Crippen molar-refractivity contribution in [3.63, 3.8) is 0 Å². The van der Waals surface area contributed by atoms with E-state index in [4.69, 9.17) is 26.8 Å². The number of halogens is 1. The molecule has 0 saturated carbocycles. The van der Waals surface area contributed by atoms with Crippen LogP contribution < -0.4 is 10.5 Å². The number of rotatable bonds is 6. The minimum Gasteiger partial charge on any atom is -0.486 e. The maximum absolute atomic E-state index is 11.7. The molecule has 8 nitrogen and oxygen atoms in total. The molecule has 0 unspecified atom stereocenters. The van der Waals surface area contributed by atoms with E-state index in [0.717, 1.165) is 0 Å². The summed E-state index contributed by atoms with van der Waals surface area (Å²) < 4.78 is 11.6. The highest BCUT2D eigenvalue weighted by atomic mass is 35.5. The second kappa shape index (κ2) is 6.70. The molecule has 0 aromatic carbocycles. The highest BCUT2D eigenvalue weighted by Gasteiger charge is 2.17. The number of nitrogens with zero attached hydrogens (tertiary/aromatic N) is 3. The van der Waals surface area contributed by atoms with Gasteiger partial charge in [-0.1, -0.05) is 11.6 Å². The third kappa shape index (κ3) is 3.41. The van der Waals surface area contributed by atoms with Crippen molar-refractivity contribution in [3.05, 3.63) is 23.1 Å². The zero-order valence-corrected chi connectivity index (χ0v) is 12.1. The lowest BCUT2D eigenvalue weighted by atomic mass is 10.3. The first-order valence-corrected chi connectivity index (χ1v) is 6.66. The number of aliphatic hydroxyl groups excluding tert-OH is 1. The molecule has 0 fully saturated rings. The van der Waals surface area contributed by atoms with Crippen LogP contribution in [0.5, 0.6) is 5.75 Å². The van der Waals surface area contributed by atoms with Crippen molar-refractivity contribution in [1.82, 2.24) is 14.6 Å². The Hall–Kier alpha value is -1.90. The molecule has 0 aliphatic heterocycles. The molecular weight excluding hydrogens is 300 g/mol. The summed E-state index contributed by atoms with van der Waals surface area (Å²) >= 11 is 6.00. The molecule has 2 aromatic rings. The standard InChI is InChI=1S/C12H15ClN4O4/c1-2-20-12(19)8-4-15-17-5-9(10(13)16-11(8)17)21-6-7(18)3-14/h4-5,7,18H,2-3,6,14H2,1H3/t7-/m0/s1. The van der Waals surface area contributed by atoms with Crippen LogP contribution in [0.3, 0.4) is 0 Å². The Bertz CT molecular complexity index is 645. The van der Waals surface area contributed by atoms with Crippen LogP contribution in [-0.2, 0) is 4.74 Å². The molecular formula is C12H15ClN4O4. The van der Waals surface area contributed by atoms with Gasteiger partial charge >= 0.3 is 5.97 Å². The van der Waals surface area contributed by atoms with Crippen molar-refractivity contribution in [2.45, 2.75) is 13.0 Å². The van der Waals surface area contributed by atoms with Crippen LogP contribution in [0.2, 0.25) is 5.15 Å². The van der Waals surface area contributed by atoms with Crippen LogP contribution >= 0.6 is 11.6 Å². The van der Waals surface area contributed by atoms with Gasteiger partial charge in [0.15, 0.2) is 16.5 Å². The van der Waals surface area contributed by atoms with Gasteiger partial charge < -0.3 is 20.3 Å². The van der Waals surface area contributed by atoms with Crippen LogP contribution in [0.15, 0.2) is 12.4 Å². The molecule has 2 rings (SSSR count). The molecule has 21 heavy (non-hydrogen) atoms. The van der Waals surface area contributed by atoms with Crippen LogP contribution in [-0.4, -0.2) is 51.5 Å². The molecule has 0 aliphatic rings. The van der Waals surface area contributed by atoms with Crippen LogP contribution in [0.25, 0.3) is 5.65 Å². The summed E-state index contributed by atoms with van der Waals surface area (Å²) in [6.45, 7) is 2.01. The Morgan fingerprint density at radius 2 is 2.38 bits per heavy atom. The lowest BCUT2D eigenvalue weighted by Crippen LogP contribution is -2.26. The van der Waals surface area contributed by atoms with Crippen molar-refractivity contribution in [2.24, 2.45) is 5.73 Å². The summed E-state index contributed by atoms with van der Waals surface area (Å²) in [5.41, 5.74) is 5.77. The molecule has 0 spiro atoms. The summed E-state index contributed by atoms with van der Waals surface area (Å²) in [7, 11) is 0. The summed E-state index contributed by atoms with van der Waals surface area (Å²) in [5, 5.41) is 13.4. The third-order valence-corrected chi connectivity index (χ3v) is 2.89. The topological polar surface area (TPSA) is 112 Å². The number of esters is 1. The SMILES string of the molecule is CCOC(=O)c1cnn2cc(OC[C@@H](O)CN)c(Cl)nc12. The highest BCUT2D eigenvalue weighted by Crippen LogP contribution is 2.24. The number of hydrogen-bond acceptors (Lipinski definition) is 7. The van der Waals surface area contributed by atoms with Crippen molar-refractivity contribution in [3.8, 4) is 5.75 Å². The molecule has 0 amide bonds. The van der Waals surface area contributed by atoms with E-state index in [9.17, 15) is 9.90 Å². The number of carbonyl (C=O) groups excluding carboxylic acids is 1. The summed E-state index contributed by atoms with van der Waals surface area (Å²) in [6.07, 6.45) is 2.01. The Labute approximate surface area is 125 Å². The zero-order valence-electron chi connectivity index (χ0n) is 11.3. The zero-order chi connectivity index (χ0) is 15.4. The van der Waals surface area contributed by atoms with Gasteiger partial charge in [-0.3, -0.25) is 0 Å². The van der Waals surface area contributed by atoms with E-state index in [1.54, 1.807) is 6.92 Å². The molecule has 114 valence electrons. The van der Waals surface area contributed by atoms with Gasteiger partial charge in [0.25, 0.3) is 0 Å². The summed E-state index contributed by atoms with van der Waals surface area (Å²) in [5.74, 6) is -0.293. The highest BCUT2D eigenvalue weighted by molar-refractivity contribution is 6.31. The minimum atomic E-state index is -0.801. The third-order valence-electron chi connectivity index (χ3n) is 2.61. The quantitative estimate of drug-likeness (QED) is 0.581. The second-order valence-electron chi connectivity index (χ2n) is 4.14. The number of carbonyl (C=O) groups is 1. The number of aromatic nitrogens is 3. The van der Waals surface area contributed by atoms with Gasteiger partial charge in [-0.05, 0) is 6.92 Å². The molecule has 0 aliphatic carbocycles. The molecule has 1 atom stereocenters. The molecule has 0 bridgehead atoms. The van der Waals surface area contributed by atoms with E-state index < -0.39 is 12.1 Å². The van der Waals surface area contributed by atoms with Gasteiger partial charge in [-0.25, -0.2) is 14.3 Å². The maximum atomic E-state index is 11.7. The Morgan fingerprint density at radius 1 is 1.62 bits per heavy atom. The number of ether oxygens (including phenoxy) is 2. The van der Waals surface area contributed by atoms with E-state index in [0.29, 0.717) is 0 Å². The number of nitrogens with two attached hydrogens (primary N) is 1. The molecule has 0 radical (unpaired) electrons. The van der Waals surface area contributed by atoms with Crippen LogP contribution in [0.4, 0.5) is 0 Å². The Balaban J connectivity index is 2.28. The lowest BCUT2D eigenvalue weighted by Gasteiger charge is -2.11. The summed E-state index contributed by atoms with van der Waals surface area (Å²) in [6, 6.07) is 0. The van der Waals surface area contributed by atoms with E-state index in [1.165, 1.54) is 16.9 Å². The normalized spacial score (nSPS) is 12.4. The number of hydrogen-bond donors (Lipinski definition) is 2. The molecule has 0 saturated heterocycles. The first kappa shape index (κ1) is 15.5. The number of fused-ring (bicyclic) bond motifs is 1. The van der Waals surface area contributed by atoms with E-state index >= 15 is 0 Å². The fourth-order valence-electron chi connectivity index (χ4n) is 1.58. The van der Waals surface area contributed by atoms with E-state index in [-0.39, 0.29) is 41.9 Å². The van der Waals surface area contributed by atoms with Crippen LogP contribution in [0, 0.1) is 0 Å². The average Bonchev–Trinajstić information content (AvgIpc) is 2.87. The smallest absolute Gasteiger partial charge is 0.343 e. The van der Waals surface area contributed by atoms with Crippen molar-refractivity contribution >= 4 is 23.2 Å². The van der Waals surface area contributed by atoms with Crippen molar-refractivity contribution in [2.75, 3.05) is 19.8 Å². The average molecular weight is 315 g/mol. The fraction of sp³-hybridized carbons (Fsp3) is 0.417. The van der Waals surface area contributed by atoms with Crippen molar-refractivity contribution in [1.29, 1.82) is 0 Å². The van der Waals surface area contributed by atoms with Gasteiger partial charge in [-0.15, -0.1) is 0 Å².